The van der Waals surface area contributed by atoms with Crippen LogP contribution in [-0.4, -0.2) is 0 Å². The first-order valence-electron chi connectivity index (χ1n) is 11.0. The average molecular weight is 403 g/mol. The number of hydrogen-bond donors (Lipinski definition) is 0. The van der Waals surface area contributed by atoms with Crippen LogP contribution >= 0.6 is 0 Å². The SMILES string of the molecule is CC(C)(C)C1=C=C=C(C(C)(C)C)/C=C/C=C(/C(C)(C)C)C#C/C(C(C)(C)C)=C\C=C1. The van der Waals surface area contributed by atoms with Crippen molar-refractivity contribution in [2.75, 3.05) is 0 Å². The molecule has 0 N–H and O–H groups in total. The monoisotopic (exact) mass is 402 g/mol. The second kappa shape index (κ2) is 9.31. The summed E-state index contributed by atoms with van der Waals surface area (Å²) in [6, 6.07) is 0. The summed E-state index contributed by atoms with van der Waals surface area (Å²) in [5.41, 5.74) is 11.4. The number of hydrogen-bond acceptors (Lipinski definition) is 0. The highest BCUT2D eigenvalue weighted by atomic mass is 14.2. The van der Waals surface area contributed by atoms with Crippen LogP contribution in [0.4, 0.5) is 0 Å². The van der Waals surface area contributed by atoms with Gasteiger partial charge in [-0.3, -0.25) is 0 Å². The second-order valence-corrected chi connectivity index (χ2v) is 12.2. The molecule has 0 radical (unpaired) electrons. The van der Waals surface area contributed by atoms with Crippen molar-refractivity contribution in [3.63, 3.8) is 0 Å². The first kappa shape index (κ1) is 25.9. The Balaban J connectivity index is 3.96. The van der Waals surface area contributed by atoms with Gasteiger partial charge in [-0.05, 0) is 21.7 Å². The summed E-state index contributed by atoms with van der Waals surface area (Å²) in [5, 5.41) is 0. The summed E-state index contributed by atoms with van der Waals surface area (Å²) in [4.78, 5) is 0. The molecule has 0 atom stereocenters. The Morgan fingerprint density at radius 2 is 0.767 bits per heavy atom. The van der Waals surface area contributed by atoms with E-state index in [1.165, 1.54) is 0 Å². The third-order valence-electron chi connectivity index (χ3n) is 4.95. The highest BCUT2D eigenvalue weighted by Crippen LogP contribution is 2.30. The Morgan fingerprint density at radius 3 is 1.00 bits per heavy atom. The van der Waals surface area contributed by atoms with Crippen molar-refractivity contribution in [3.05, 3.63) is 70.2 Å². The molecule has 0 aromatic heterocycles. The zero-order valence-electron chi connectivity index (χ0n) is 21.5. The van der Waals surface area contributed by atoms with E-state index in [4.69, 9.17) is 0 Å². The standard InChI is InChI=1S/C30H42/c1-27(2,3)23-15-13-16-25(29(7,8)9)21-22-26(30(10,11)12)18-14-17-24(20-19-23)28(4,5)6/h13-18H,1-12H3/b15-13+,16-13?,17-14?,18-14?,23-15?,24-17?,25-16+,26-18+. The minimum absolute atomic E-state index is 0.0198. The molecule has 162 valence electrons. The Bertz CT molecular complexity index is 839. The van der Waals surface area contributed by atoms with E-state index in [1.807, 2.05) is 0 Å². The maximum absolute atomic E-state index is 3.47. The van der Waals surface area contributed by atoms with E-state index in [0.29, 0.717) is 0 Å². The molecule has 0 nitrogen and oxygen atoms in total. The zero-order valence-corrected chi connectivity index (χ0v) is 21.5. The van der Waals surface area contributed by atoms with E-state index in [9.17, 15) is 0 Å². The fraction of sp³-hybridized carbons (Fsp3) is 0.533. The largest absolute Gasteiger partial charge is 0.0659 e. The third kappa shape index (κ3) is 8.28. The van der Waals surface area contributed by atoms with Crippen LogP contribution in [0.1, 0.15) is 83.1 Å². The lowest BCUT2D eigenvalue weighted by Gasteiger charge is -2.21. The lowest BCUT2D eigenvalue weighted by Crippen LogP contribution is -2.10. The van der Waals surface area contributed by atoms with E-state index in [1.54, 1.807) is 0 Å². The van der Waals surface area contributed by atoms with Crippen molar-refractivity contribution in [1.29, 1.82) is 0 Å². The second-order valence-electron chi connectivity index (χ2n) is 12.2. The molecule has 0 bridgehead atoms. The van der Waals surface area contributed by atoms with Gasteiger partial charge in [-0.1, -0.05) is 143 Å². The fourth-order valence-corrected chi connectivity index (χ4v) is 2.67. The summed E-state index contributed by atoms with van der Waals surface area (Å²) in [6.45, 7) is 26.5. The highest BCUT2D eigenvalue weighted by Gasteiger charge is 2.19. The Morgan fingerprint density at radius 1 is 0.467 bits per heavy atom. The molecule has 0 aromatic rings. The smallest absolute Gasteiger partial charge is 0.00775 e. The zero-order chi connectivity index (χ0) is 23.4. The van der Waals surface area contributed by atoms with E-state index in [-0.39, 0.29) is 21.7 Å². The van der Waals surface area contributed by atoms with E-state index in [0.717, 1.165) is 22.3 Å². The van der Waals surface area contributed by atoms with Crippen molar-refractivity contribution in [2.45, 2.75) is 83.1 Å². The van der Waals surface area contributed by atoms with Gasteiger partial charge in [0.05, 0.1) is 0 Å². The minimum atomic E-state index is -0.0198. The number of allylic oxidation sites excluding steroid dienone is 10. The molecule has 30 heavy (non-hydrogen) atoms. The van der Waals surface area contributed by atoms with Crippen LogP contribution in [0.3, 0.4) is 0 Å². The van der Waals surface area contributed by atoms with Crippen molar-refractivity contribution >= 4 is 0 Å². The van der Waals surface area contributed by atoms with Gasteiger partial charge in [0.25, 0.3) is 0 Å². The quantitative estimate of drug-likeness (QED) is 0.280. The lowest BCUT2D eigenvalue weighted by atomic mass is 9.82. The molecule has 0 spiro atoms. The van der Waals surface area contributed by atoms with Gasteiger partial charge in [0.15, 0.2) is 0 Å². The molecule has 0 heterocycles. The summed E-state index contributed by atoms with van der Waals surface area (Å²) in [5.74, 6) is 6.94. The van der Waals surface area contributed by atoms with Gasteiger partial charge in [0.1, 0.15) is 0 Å². The topological polar surface area (TPSA) is 0 Å². The van der Waals surface area contributed by atoms with Crippen molar-refractivity contribution in [3.8, 4) is 11.8 Å². The molecule has 0 fully saturated rings. The van der Waals surface area contributed by atoms with Crippen LogP contribution in [0.5, 0.6) is 0 Å². The van der Waals surface area contributed by atoms with Gasteiger partial charge in [0, 0.05) is 22.3 Å². The van der Waals surface area contributed by atoms with Crippen LogP contribution in [-0.2, 0) is 0 Å². The van der Waals surface area contributed by atoms with Crippen molar-refractivity contribution < 1.29 is 0 Å². The molecule has 1 rings (SSSR count). The van der Waals surface area contributed by atoms with Crippen molar-refractivity contribution in [2.24, 2.45) is 21.7 Å². The molecule has 0 amide bonds. The Kier molecular flexibility index (Phi) is 8.03. The molecule has 0 aromatic carbocycles. The summed E-state index contributed by atoms with van der Waals surface area (Å²) < 4.78 is 0. The van der Waals surface area contributed by atoms with Crippen LogP contribution in [0, 0.1) is 33.5 Å². The summed E-state index contributed by atoms with van der Waals surface area (Å²) in [7, 11) is 0. The fourth-order valence-electron chi connectivity index (χ4n) is 2.67. The van der Waals surface area contributed by atoms with Gasteiger partial charge < -0.3 is 0 Å². The van der Waals surface area contributed by atoms with Gasteiger partial charge in [-0.15, -0.1) is 0 Å². The summed E-state index contributed by atoms with van der Waals surface area (Å²) >= 11 is 0. The summed E-state index contributed by atoms with van der Waals surface area (Å²) in [6.07, 6.45) is 12.8. The van der Waals surface area contributed by atoms with Gasteiger partial charge in [-0.25, -0.2) is 0 Å². The molecule has 0 aliphatic heterocycles. The van der Waals surface area contributed by atoms with Gasteiger partial charge in [0.2, 0.25) is 0 Å². The Hall–Kier alpha value is -2.18. The molecule has 1 aliphatic carbocycles. The predicted molar refractivity (Wildman–Crippen MR) is 134 cm³/mol. The average Bonchev–Trinajstić information content (AvgIpc) is 2.51. The van der Waals surface area contributed by atoms with E-state index >= 15 is 0 Å². The first-order chi connectivity index (χ1) is 13.4. The minimum Gasteiger partial charge on any atom is -0.0659 e. The predicted octanol–water partition coefficient (Wildman–Crippen LogP) is 8.76. The van der Waals surface area contributed by atoms with Crippen LogP contribution in [0.15, 0.2) is 70.2 Å². The normalized spacial score (nSPS) is 21.2. The van der Waals surface area contributed by atoms with Gasteiger partial charge in [-0.2, -0.15) is 0 Å². The van der Waals surface area contributed by atoms with Crippen LogP contribution in [0.2, 0.25) is 0 Å². The molecule has 0 unspecified atom stereocenters. The van der Waals surface area contributed by atoms with Crippen LogP contribution in [0.25, 0.3) is 0 Å². The molecular weight excluding hydrogens is 360 g/mol. The number of rotatable bonds is 0. The lowest BCUT2D eigenvalue weighted by molar-refractivity contribution is 0.513. The van der Waals surface area contributed by atoms with Crippen LogP contribution < -0.4 is 0 Å². The highest BCUT2D eigenvalue weighted by molar-refractivity contribution is 5.46. The van der Waals surface area contributed by atoms with E-state index < -0.39 is 0 Å². The molecule has 0 saturated heterocycles. The molecule has 0 saturated carbocycles. The first-order valence-corrected chi connectivity index (χ1v) is 11.0. The van der Waals surface area contributed by atoms with Gasteiger partial charge >= 0.3 is 0 Å². The van der Waals surface area contributed by atoms with E-state index in [2.05, 4.69) is 143 Å². The molecule has 0 heteroatoms. The third-order valence-corrected chi connectivity index (χ3v) is 4.95. The van der Waals surface area contributed by atoms with Crippen molar-refractivity contribution in [1.82, 2.24) is 0 Å². The maximum atomic E-state index is 3.47. The Labute approximate surface area is 186 Å². The molecular formula is C30H42. The molecule has 1 aliphatic rings. The maximum Gasteiger partial charge on any atom is 0.00775 e.